The summed E-state index contributed by atoms with van der Waals surface area (Å²) < 4.78 is -0.284. The van der Waals surface area contributed by atoms with Crippen LogP contribution in [0.5, 0.6) is 0 Å². The fraction of sp³-hybridized carbons (Fsp3) is 1.00. The van der Waals surface area contributed by atoms with Gasteiger partial charge < -0.3 is 15.0 Å². The molecular formula is C15H33NO2. The summed E-state index contributed by atoms with van der Waals surface area (Å²) in [5.41, 5.74) is 0. The molecule has 0 aliphatic heterocycles. The van der Waals surface area contributed by atoms with E-state index in [0.29, 0.717) is 13.1 Å². The van der Waals surface area contributed by atoms with Crippen molar-refractivity contribution in [3.8, 4) is 0 Å². The Hall–Kier alpha value is -0.120. The van der Waals surface area contributed by atoms with Gasteiger partial charge in [-0.3, -0.25) is 0 Å². The highest BCUT2D eigenvalue weighted by Gasteiger charge is 2.07. The molecule has 1 N–H and O–H groups in total. The average molecular weight is 259 g/mol. The summed E-state index contributed by atoms with van der Waals surface area (Å²) in [6.07, 6.45) is 12.9. The first kappa shape index (κ1) is 17.9. The average Bonchev–Trinajstić information content (AvgIpc) is 2.31. The first-order valence-corrected chi connectivity index (χ1v) is 7.79. The van der Waals surface area contributed by atoms with Crippen LogP contribution in [0.15, 0.2) is 0 Å². The highest BCUT2D eigenvalue weighted by Crippen LogP contribution is 2.11. The fourth-order valence-electron chi connectivity index (χ4n) is 2.26. The van der Waals surface area contributed by atoms with Crippen molar-refractivity contribution in [3.63, 3.8) is 0 Å². The van der Waals surface area contributed by atoms with Crippen LogP contribution < -0.4 is 0 Å². The molecule has 1 atom stereocenters. The quantitative estimate of drug-likeness (QED) is 0.310. The lowest BCUT2D eigenvalue weighted by Gasteiger charge is -2.38. The number of quaternary nitrogens is 1. The Bertz CT molecular complexity index is 172. The summed E-state index contributed by atoms with van der Waals surface area (Å²) in [5.74, 6) is 0. The summed E-state index contributed by atoms with van der Waals surface area (Å²) >= 11 is 0. The zero-order valence-electron chi connectivity index (χ0n) is 12.5. The first-order chi connectivity index (χ1) is 8.62. The van der Waals surface area contributed by atoms with Crippen molar-refractivity contribution in [2.24, 2.45) is 0 Å². The maximum Gasteiger partial charge on any atom is 0.102 e. The lowest BCUT2D eigenvalue weighted by molar-refractivity contribution is -0.861. The van der Waals surface area contributed by atoms with Gasteiger partial charge in [0.1, 0.15) is 6.54 Å². The van der Waals surface area contributed by atoms with Crippen LogP contribution in [0.3, 0.4) is 0 Å². The van der Waals surface area contributed by atoms with Crippen LogP contribution in [0.25, 0.3) is 0 Å². The Labute approximate surface area is 113 Å². The van der Waals surface area contributed by atoms with Crippen molar-refractivity contribution in [1.82, 2.24) is 0 Å². The molecule has 110 valence electrons. The molecule has 0 spiro atoms. The number of likely N-dealkylation sites (N-methyl/N-ethyl adjacent to an activating group) is 1. The molecule has 0 saturated carbocycles. The van der Waals surface area contributed by atoms with Crippen LogP contribution >= 0.6 is 0 Å². The number of rotatable bonds is 13. The largest absolute Gasteiger partial charge is 0.633 e. The van der Waals surface area contributed by atoms with Gasteiger partial charge in [-0.05, 0) is 12.8 Å². The third-order valence-corrected chi connectivity index (χ3v) is 3.56. The molecule has 0 aliphatic rings. The van der Waals surface area contributed by atoms with E-state index < -0.39 is 0 Å². The minimum Gasteiger partial charge on any atom is -0.633 e. The van der Waals surface area contributed by atoms with Crippen LogP contribution in [0, 0.1) is 5.21 Å². The number of hydroxylamine groups is 3. The molecule has 0 amide bonds. The minimum absolute atomic E-state index is 0.00222. The third kappa shape index (κ3) is 12.3. The van der Waals surface area contributed by atoms with Crippen molar-refractivity contribution in [2.45, 2.75) is 71.1 Å². The topological polar surface area (TPSA) is 43.3 Å². The molecule has 1 unspecified atom stereocenters. The molecular weight excluding hydrogens is 226 g/mol. The molecule has 3 nitrogen and oxygen atoms in total. The summed E-state index contributed by atoms with van der Waals surface area (Å²) in [5, 5.41) is 20.5. The van der Waals surface area contributed by atoms with E-state index in [9.17, 15) is 5.21 Å². The molecule has 3 heteroatoms. The van der Waals surface area contributed by atoms with Crippen LogP contribution in [0.2, 0.25) is 0 Å². The van der Waals surface area contributed by atoms with Gasteiger partial charge in [0, 0.05) is 0 Å². The number of nitrogens with zero attached hydrogens (tertiary/aromatic N) is 1. The molecule has 0 aromatic rings. The van der Waals surface area contributed by atoms with Crippen molar-refractivity contribution in [2.75, 3.05) is 26.7 Å². The Morgan fingerprint density at radius 3 is 1.67 bits per heavy atom. The molecule has 18 heavy (non-hydrogen) atoms. The van der Waals surface area contributed by atoms with Gasteiger partial charge in [0.2, 0.25) is 0 Å². The van der Waals surface area contributed by atoms with Gasteiger partial charge in [-0.25, -0.2) is 0 Å². The minimum atomic E-state index is -0.284. The number of aliphatic hydroxyl groups excluding tert-OH is 1. The third-order valence-electron chi connectivity index (χ3n) is 3.56. The van der Waals surface area contributed by atoms with Crippen molar-refractivity contribution in [3.05, 3.63) is 5.21 Å². The molecule has 0 rings (SSSR count). The Morgan fingerprint density at radius 2 is 1.22 bits per heavy atom. The Morgan fingerprint density at radius 1 is 0.778 bits per heavy atom. The van der Waals surface area contributed by atoms with Crippen LogP contribution in [0.1, 0.15) is 71.1 Å². The first-order valence-electron chi connectivity index (χ1n) is 7.79. The van der Waals surface area contributed by atoms with Gasteiger partial charge >= 0.3 is 0 Å². The summed E-state index contributed by atoms with van der Waals surface area (Å²) in [6.45, 7) is 3.23. The zero-order valence-corrected chi connectivity index (χ0v) is 12.5. The highest BCUT2D eigenvalue weighted by molar-refractivity contribution is 4.48. The van der Waals surface area contributed by atoms with Crippen LogP contribution in [0.4, 0.5) is 0 Å². The number of hydrogen-bond donors (Lipinski definition) is 1. The summed E-state index contributed by atoms with van der Waals surface area (Å²) in [7, 11) is 1.66. The second-order valence-electron chi connectivity index (χ2n) is 5.65. The number of unbranched alkanes of at least 4 members (excludes halogenated alkanes) is 9. The molecule has 0 heterocycles. The highest BCUT2D eigenvalue weighted by atomic mass is 16.5. The standard InChI is InChI=1S/C15H33NO2/c1-3-4-5-6-7-8-9-10-11-12-13-16(2,18)14-15-17/h17H,3-15H2,1-2H3. The summed E-state index contributed by atoms with van der Waals surface area (Å²) in [4.78, 5) is 0. The van der Waals surface area contributed by atoms with Gasteiger partial charge in [-0.15, -0.1) is 0 Å². The van der Waals surface area contributed by atoms with E-state index in [1.165, 1.54) is 51.4 Å². The van der Waals surface area contributed by atoms with E-state index in [2.05, 4.69) is 6.92 Å². The van der Waals surface area contributed by atoms with Crippen LogP contribution in [-0.4, -0.2) is 36.5 Å². The number of aliphatic hydroxyl groups is 1. The van der Waals surface area contributed by atoms with E-state index in [-0.39, 0.29) is 11.3 Å². The lowest BCUT2D eigenvalue weighted by Crippen LogP contribution is -2.40. The second-order valence-corrected chi connectivity index (χ2v) is 5.65. The molecule has 0 bridgehead atoms. The predicted octanol–water partition coefficient (Wildman–Crippen LogP) is 3.84. The normalized spacial score (nSPS) is 14.7. The zero-order chi connectivity index (χ0) is 13.7. The smallest absolute Gasteiger partial charge is 0.102 e. The van der Waals surface area contributed by atoms with Crippen molar-refractivity contribution < 1.29 is 9.75 Å². The Kier molecular flexibility index (Phi) is 11.9. The molecule has 0 aromatic heterocycles. The van der Waals surface area contributed by atoms with Gasteiger partial charge in [0.05, 0.1) is 20.2 Å². The van der Waals surface area contributed by atoms with Gasteiger partial charge in [0.25, 0.3) is 0 Å². The Balaban J connectivity index is 3.16. The van der Waals surface area contributed by atoms with Gasteiger partial charge in [-0.1, -0.05) is 58.3 Å². The molecule has 0 aromatic carbocycles. The lowest BCUT2D eigenvalue weighted by atomic mass is 10.1. The van der Waals surface area contributed by atoms with E-state index >= 15 is 0 Å². The van der Waals surface area contributed by atoms with E-state index in [1.54, 1.807) is 7.05 Å². The van der Waals surface area contributed by atoms with Gasteiger partial charge in [0.15, 0.2) is 0 Å². The van der Waals surface area contributed by atoms with Gasteiger partial charge in [-0.2, -0.15) is 0 Å². The maximum absolute atomic E-state index is 11.7. The molecule has 0 fully saturated rings. The second kappa shape index (κ2) is 11.9. The molecule has 0 aliphatic carbocycles. The number of hydrogen-bond acceptors (Lipinski definition) is 2. The molecule has 0 radical (unpaired) electrons. The summed E-state index contributed by atoms with van der Waals surface area (Å²) in [6, 6.07) is 0. The van der Waals surface area contributed by atoms with E-state index in [1.807, 2.05) is 0 Å². The van der Waals surface area contributed by atoms with Crippen molar-refractivity contribution in [1.29, 1.82) is 0 Å². The van der Waals surface area contributed by atoms with Crippen molar-refractivity contribution >= 4 is 0 Å². The maximum atomic E-state index is 11.7. The van der Waals surface area contributed by atoms with E-state index in [0.717, 1.165) is 12.8 Å². The predicted molar refractivity (Wildman–Crippen MR) is 78.2 cm³/mol. The molecule has 0 saturated heterocycles. The SMILES string of the molecule is CCCCCCCCCCCC[N+](C)([O-])CCO. The fourth-order valence-corrected chi connectivity index (χ4v) is 2.26. The van der Waals surface area contributed by atoms with E-state index in [4.69, 9.17) is 5.11 Å². The monoisotopic (exact) mass is 259 g/mol. The van der Waals surface area contributed by atoms with Crippen LogP contribution in [-0.2, 0) is 0 Å².